The Morgan fingerprint density at radius 3 is 2.35 bits per heavy atom. The molecule has 1 amide bonds. The number of alkyl halides is 1. The Bertz CT molecular complexity index is 375. The molecule has 0 fully saturated rings. The zero-order chi connectivity index (χ0) is 13.1. The van der Waals surface area contributed by atoms with Gasteiger partial charge in [-0.3, -0.25) is 4.79 Å². The fourth-order valence-corrected chi connectivity index (χ4v) is 1.74. The van der Waals surface area contributed by atoms with E-state index in [0.717, 1.165) is 5.56 Å². The number of hydrogen-bond acceptors (Lipinski definition) is 1. The van der Waals surface area contributed by atoms with Gasteiger partial charge in [-0.2, -0.15) is 0 Å². The van der Waals surface area contributed by atoms with Crippen molar-refractivity contribution in [1.29, 1.82) is 0 Å². The predicted molar refractivity (Wildman–Crippen MR) is 72.4 cm³/mol. The van der Waals surface area contributed by atoms with Gasteiger partial charge in [0, 0.05) is 12.9 Å². The molecule has 1 rings (SSSR count). The van der Waals surface area contributed by atoms with E-state index in [9.17, 15) is 4.79 Å². The maximum Gasteiger partial charge on any atom is 0.230 e. The van der Waals surface area contributed by atoms with Gasteiger partial charge in [0.15, 0.2) is 0 Å². The Morgan fingerprint density at radius 1 is 1.35 bits per heavy atom. The molecular weight excluding hydrogens is 234 g/mol. The highest BCUT2D eigenvalue weighted by atomic mass is 35.5. The lowest BCUT2D eigenvalue weighted by molar-refractivity contribution is -0.135. The lowest BCUT2D eigenvalue weighted by atomic mass is 9.97. The van der Waals surface area contributed by atoms with Crippen LogP contribution in [0.5, 0.6) is 0 Å². The van der Waals surface area contributed by atoms with E-state index in [0.29, 0.717) is 5.88 Å². The maximum atomic E-state index is 12.3. The topological polar surface area (TPSA) is 20.3 Å². The molecule has 0 N–H and O–H groups in total. The number of benzene rings is 1. The smallest absolute Gasteiger partial charge is 0.230 e. The van der Waals surface area contributed by atoms with Gasteiger partial charge in [0.1, 0.15) is 0 Å². The van der Waals surface area contributed by atoms with E-state index in [2.05, 4.69) is 0 Å². The number of rotatable bonds is 4. The summed E-state index contributed by atoms with van der Waals surface area (Å²) in [6, 6.07) is 9.80. The van der Waals surface area contributed by atoms with Gasteiger partial charge in [0.2, 0.25) is 5.91 Å². The van der Waals surface area contributed by atoms with Crippen molar-refractivity contribution in [3.05, 3.63) is 35.9 Å². The summed E-state index contributed by atoms with van der Waals surface area (Å²) in [5.74, 6) is 0.391. The van der Waals surface area contributed by atoms with Gasteiger partial charge < -0.3 is 4.90 Å². The molecule has 0 spiro atoms. The molecule has 0 aliphatic heterocycles. The molecule has 3 heteroatoms. The van der Waals surface area contributed by atoms with Crippen LogP contribution in [-0.4, -0.2) is 29.3 Å². The summed E-state index contributed by atoms with van der Waals surface area (Å²) in [6.07, 6.45) is 0. The van der Waals surface area contributed by atoms with Crippen molar-refractivity contribution in [3.8, 4) is 0 Å². The van der Waals surface area contributed by atoms with Crippen molar-refractivity contribution >= 4 is 17.5 Å². The summed E-state index contributed by atoms with van der Waals surface area (Å²) >= 11 is 5.89. The van der Waals surface area contributed by atoms with Crippen LogP contribution >= 0.6 is 11.6 Å². The van der Waals surface area contributed by atoms with E-state index in [1.54, 1.807) is 4.90 Å². The second-order valence-corrected chi connectivity index (χ2v) is 5.24. The second-order valence-electron chi connectivity index (χ2n) is 4.98. The summed E-state index contributed by atoms with van der Waals surface area (Å²) in [4.78, 5) is 14.1. The standard InChI is InChI=1S/C14H20ClNO/c1-11(12-8-6-5-7-9-12)13(17)16(4)14(2,3)10-15/h5-9,11H,10H2,1-4H3. The average molecular weight is 254 g/mol. The number of likely N-dealkylation sites (N-methyl/N-ethyl adjacent to an activating group) is 1. The van der Waals surface area contributed by atoms with Crippen molar-refractivity contribution in [1.82, 2.24) is 4.90 Å². The fraction of sp³-hybridized carbons (Fsp3) is 0.500. The third-order valence-corrected chi connectivity index (χ3v) is 3.89. The largest absolute Gasteiger partial charge is 0.339 e. The minimum atomic E-state index is -0.318. The van der Waals surface area contributed by atoms with Crippen LogP contribution in [0.2, 0.25) is 0 Å². The number of hydrogen-bond donors (Lipinski definition) is 0. The molecule has 17 heavy (non-hydrogen) atoms. The number of carbonyl (C=O) groups is 1. The first kappa shape index (κ1) is 14.0. The van der Waals surface area contributed by atoms with Gasteiger partial charge in [-0.25, -0.2) is 0 Å². The number of halogens is 1. The van der Waals surface area contributed by atoms with Crippen LogP contribution in [0.3, 0.4) is 0 Å². The van der Waals surface area contributed by atoms with Gasteiger partial charge in [-0.15, -0.1) is 11.6 Å². The van der Waals surface area contributed by atoms with Crippen LogP contribution in [0, 0.1) is 0 Å². The maximum absolute atomic E-state index is 12.3. The van der Waals surface area contributed by atoms with Gasteiger partial charge in [0.25, 0.3) is 0 Å². The molecule has 2 nitrogen and oxygen atoms in total. The van der Waals surface area contributed by atoms with Crippen LogP contribution in [0.25, 0.3) is 0 Å². The van der Waals surface area contributed by atoms with E-state index >= 15 is 0 Å². The molecule has 1 atom stereocenters. The van der Waals surface area contributed by atoms with Crippen molar-refractivity contribution in [3.63, 3.8) is 0 Å². The van der Waals surface area contributed by atoms with Gasteiger partial charge in [-0.05, 0) is 26.3 Å². The Labute approximate surface area is 109 Å². The first-order valence-corrected chi connectivity index (χ1v) is 6.32. The van der Waals surface area contributed by atoms with Crippen LogP contribution in [-0.2, 0) is 4.79 Å². The third kappa shape index (κ3) is 3.22. The molecule has 0 radical (unpaired) electrons. The van der Waals surface area contributed by atoms with Gasteiger partial charge >= 0.3 is 0 Å². The number of nitrogens with zero attached hydrogens (tertiary/aromatic N) is 1. The molecule has 0 saturated heterocycles. The Morgan fingerprint density at radius 2 is 1.88 bits per heavy atom. The molecule has 1 unspecified atom stereocenters. The fourth-order valence-electron chi connectivity index (χ4n) is 1.56. The highest BCUT2D eigenvalue weighted by Gasteiger charge is 2.29. The summed E-state index contributed by atoms with van der Waals surface area (Å²) in [6.45, 7) is 5.86. The van der Waals surface area contributed by atoms with Crippen LogP contribution in [0.4, 0.5) is 0 Å². The molecular formula is C14H20ClNO. The van der Waals surface area contributed by atoms with E-state index in [1.807, 2.05) is 58.2 Å². The van der Waals surface area contributed by atoms with Crippen molar-refractivity contribution < 1.29 is 4.79 Å². The highest BCUT2D eigenvalue weighted by molar-refractivity contribution is 6.18. The SMILES string of the molecule is CC(C(=O)N(C)C(C)(C)CCl)c1ccccc1. The lowest BCUT2D eigenvalue weighted by Crippen LogP contribution is -2.47. The zero-order valence-electron chi connectivity index (χ0n) is 10.9. The third-order valence-electron chi connectivity index (χ3n) is 3.24. The minimum Gasteiger partial charge on any atom is -0.339 e. The van der Waals surface area contributed by atoms with E-state index < -0.39 is 0 Å². The van der Waals surface area contributed by atoms with Crippen molar-refractivity contribution in [2.45, 2.75) is 32.2 Å². The zero-order valence-corrected chi connectivity index (χ0v) is 11.7. The molecule has 0 aliphatic rings. The van der Waals surface area contributed by atoms with Crippen LogP contribution < -0.4 is 0 Å². The first-order chi connectivity index (χ1) is 7.90. The number of carbonyl (C=O) groups excluding carboxylic acids is 1. The lowest BCUT2D eigenvalue weighted by Gasteiger charge is -2.35. The van der Waals surface area contributed by atoms with Gasteiger partial charge in [-0.1, -0.05) is 30.3 Å². The molecule has 0 bridgehead atoms. The Hall–Kier alpha value is -1.02. The van der Waals surface area contributed by atoms with Crippen molar-refractivity contribution in [2.75, 3.05) is 12.9 Å². The Kier molecular flexibility index (Phi) is 4.58. The summed E-state index contributed by atoms with van der Waals surface area (Å²) < 4.78 is 0. The summed E-state index contributed by atoms with van der Waals surface area (Å²) in [5.41, 5.74) is 0.719. The highest BCUT2D eigenvalue weighted by Crippen LogP contribution is 2.22. The van der Waals surface area contributed by atoms with E-state index in [-0.39, 0.29) is 17.4 Å². The van der Waals surface area contributed by atoms with Crippen LogP contribution in [0.1, 0.15) is 32.3 Å². The van der Waals surface area contributed by atoms with E-state index in [4.69, 9.17) is 11.6 Å². The normalized spacial score (nSPS) is 13.2. The molecule has 0 heterocycles. The number of amides is 1. The first-order valence-electron chi connectivity index (χ1n) is 5.78. The molecule has 94 valence electrons. The van der Waals surface area contributed by atoms with Crippen LogP contribution in [0.15, 0.2) is 30.3 Å². The minimum absolute atomic E-state index is 0.0989. The summed E-state index contributed by atoms with van der Waals surface area (Å²) in [7, 11) is 1.81. The Balaban J connectivity index is 2.84. The predicted octanol–water partition coefficient (Wildman–Crippen LogP) is 3.27. The molecule has 1 aromatic carbocycles. The average Bonchev–Trinajstić information content (AvgIpc) is 2.37. The molecule has 1 aromatic rings. The van der Waals surface area contributed by atoms with E-state index in [1.165, 1.54) is 0 Å². The summed E-state index contributed by atoms with van der Waals surface area (Å²) in [5, 5.41) is 0. The quantitative estimate of drug-likeness (QED) is 0.755. The molecule has 0 saturated carbocycles. The van der Waals surface area contributed by atoms with Crippen molar-refractivity contribution in [2.24, 2.45) is 0 Å². The second kappa shape index (κ2) is 5.54. The molecule has 0 aromatic heterocycles. The monoisotopic (exact) mass is 253 g/mol. The van der Waals surface area contributed by atoms with Gasteiger partial charge in [0.05, 0.1) is 11.5 Å². The molecule has 0 aliphatic carbocycles.